The third-order valence-corrected chi connectivity index (χ3v) is 2.82. The van der Waals surface area contributed by atoms with E-state index >= 15 is 0 Å². The van der Waals surface area contributed by atoms with Crippen LogP contribution in [0.5, 0.6) is 0 Å². The first-order valence-electron chi connectivity index (χ1n) is 5.55. The van der Waals surface area contributed by atoms with E-state index in [1.54, 1.807) is 4.90 Å². The molecular formula is C12H17NO3. The third kappa shape index (κ3) is 1.72. The molecule has 2 rings (SSSR count). The molecule has 0 N–H and O–H groups in total. The van der Waals surface area contributed by atoms with Crippen molar-refractivity contribution < 1.29 is 14.3 Å². The molecule has 4 nitrogen and oxygen atoms in total. The third-order valence-electron chi connectivity index (χ3n) is 2.82. The van der Waals surface area contributed by atoms with Gasteiger partial charge in [-0.05, 0) is 39.7 Å². The van der Waals surface area contributed by atoms with E-state index < -0.39 is 5.60 Å². The van der Waals surface area contributed by atoms with Crippen LogP contribution in [0.4, 0.5) is 0 Å². The van der Waals surface area contributed by atoms with Gasteiger partial charge in [0.25, 0.3) is 0 Å². The van der Waals surface area contributed by atoms with Crippen molar-refractivity contribution in [2.75, 3.05) is 0 Å². The number of β-lactam (4-membered cyclic amide) rings is 1. The first-order chi connectivity index (χ1) is 7.29. The fraction of sp³-hybridized carbons (Fsp3) is 0.667. The highest BCUT2D eigenvalue weighted by molar-refractivity contribution is 5.99. The van der Waals surface area contributed by atoms with Crippen LogP contribution in [0, 0.1) is 0 Å². The SMILES string of the molecule is CC1=C(C(=O)OC(C)(C)C)N2C(=O)CC2C1. The monoisotopic (exact) mass is 223 g/mol. The molecule has 0 aromatic heterocycles. The minimum absolute atomic E-state index is 0.0303. The summed E-state index contributed by atoms with van der Waals surface area (Å²) in [6.07, 6.45) is 1.37. The maximum atomic E-state index is 11.9. The van der Waals surface area contributed by atoms with Crippen molar-refractivity contribution in [1.82, 2.24) is 4.90 Å². The molecule has 0 bridgehead atoms. The molecule has 1 fully saturated rings. The molecule has 88 valence electrons. The Morgan fingerprint density at radius 1 is 1.38 bits per heavy atom. The molecule has 0 spiro atoms. The number of esters is 1. The summed E-state index contributed by atoms with van der Waals surface area (Å²) in [5.74, 6) is -0.344. The van der Waals surface area contributed by atoms with Gasteiger partial charge in [0.2, 0.25) is 5.91 Å². The van der Waals surface area contributed by atoms with Crippen LogP contribution in [0.25, 0.3) is 0 Å². The molecule has 0 aromatic rings. The summed E-state index contributed by atoms with van der Waals surface area (Å²) in [7, 11) is 0. The van der Waals surface area contributed by atoms with Crippen molar-refractivity contribution in [2.45, 2.75) is 52.2 Å². The largest absolute Gasteiger partial charge is 0.455 e. The summed E-state index contributed by atoms with van der Waals surface area (Å²) in [6.45, 7) is 7.37. The van der Waals surface area contributed by atoms with Crippen molar-refractivity contribution >= 4 is 11.9 Å². The summed E-state index contributed by atoms with van der Waals surface area (Å²) in [6, 6.07) is 0.204. The van der Waals surface area contributed by atoms with E-state index in [0.29, 0.717) is 12.1 Å². The highest BCUT2D eigenvalue weighted by Crippen LogP contribution is 2.38. The number of carbonyl (C=O) groups excluding carboxylic acids is 2. The van der Waals surface area contributed by atoms with E-state index in [0.717, 1.165) is 12.0 Å². The van der Waals surface area contributed by atoms with Crippen LogP contribution in [-0.4, -0.2) is 28.4 Å². The van der Waals surface area contributed by atoms with Gasteiger partial charge in [-0.25, -0.2) is 4.79 Å². The number of fused-ring (bicyclic) bond motifs is 1. The van der Waals surface area contributed by atoms with Crippen LogP contribution < -0.4 is 0 Å². The Bertz CT molecular complexity index is 390. The highest BCUT2D eigenvalue weighted by Gasteiger charge is 2.47. The molecule has 1 amide bonds. The van der Waals surface area contributed by atoms with Gasteiger partial charge in [0, 0.05) is 12.5 Å². The Hall–Kier alpha value is -1.32. The van der Waals surface area contributed by atoms with Gasteiger partial charge in [0.1, 0.15) is 11.3 Å². The topological polar surface area (TPSA) is 46.6 Å². The zero-order valence-corrected chi connectivity index (χ0v) is 10.2. The normalized spacial score (nSPS) is 24.4. The summed E-state index contributed by atoms with van der Waals surface area (Å²) in [4.78, 5) is 24.9. The fourth-order valence-corrected chi connectivity index (χ4v) is 2.21. The van der Waals surface area contributed by atoms with Gasteiger partial charge in [0.15, 0.2) is 0 Å². The molecule has 1 unspecified atom stereocenters. The molecule has 2 heterocycles. The van der Waals surface area contributed by atoms with Gasteiger partial charge in [-0.15, -0.1) is 0 Å². The van der Waals surface area contributed by atoms with Gasteiger partial charge in [-0.1, -0.05) is 0 Å². The number of carbonyl (C=O) groups is 2. The molecule has 2 aliphatic heterocycles. The molecule has 1 atom stereocenters. The van der Waals surface area contributed by atoms with E-state index in [1.807, 2.05) is 27.7 Å². The number of rotatable bonds is 1. The smallest absolute Gasteiger partial charge is 0.355 e. The van der Waals surface area contributed by atoms with Gasteiger partial charge < -0.3 is 9.64 Å². The Kier molecular flexibility index (Phi) is 2.33. The van der Waals surface area contributed by atoms with Crippen molar-refractivity contribution in [3.63, 3.8) is 0 Å². The highest BCUT2D eigenvalue weighted by atomic mass is 16.6. The van der Waals surface area contributed by atoms with Crippen LogP contribution in [-0.2, 0) is 14.3 Å². The second kappa shape index (κ2) is 3.34. The van der Waals surface area contributed by atoms with Gasteiger partial charge in [-0.3, -0.25) is 4.79 Å². The number of amides is 1. The van der Waals surface area contributed by atoms with Crippen molar-refractivity contribution in [3.05, 3.63) is 11.3 Å². The van der Waals surface area contributed by atoms with E-state index in [1.165, 1.54) is 0 Å². The summed E-state index contributed by atoms with van der Waals surface area (Å²) in [5.41, 5.74) is 0.914. The van der Waals surface area contributed by atoms with Crippen LogP contribution in [0.1, 0.15) is 40.5 Å². The van der Waals surface area contributed by atoms with Crippen molar-refractivity contribution in [3.8, 4) is 0 Å². The lowest BCUT2D eigenvalue weighted by Gasteiger charge is -2.36. The van der Waals surface area contributed by atoms with E-state index in [4.69, 9.17) is 4.74 Å². The molecule has 0 aromatic carbocycles. The van der Waals surface area contributed by atoms with Gasteiger partial charge in [0.05, 0.1) is 0 Å². The number of hydrogen-bond acceptors (Lipinski definition) is 3. The molecule has 2 aliphatic rings. The molecule has 4 heteroatoms. The molecule has 0 saturated carbocycles. The van der Waals surface area contributed by atoms with Crippen LogP contribution in [0.3, 0.4) is 0 Å². The van der Waals surface area contributed by atoms with Gasteiger partial charge in [-0.2, -0.15) is 0 Å². The van der Waals surface area contributed by atoms with E-state index in [2.05, 4.69) is 0 Å². The van der Waals surface area contributed by atoms with Gasteiger partial charge >= 0.3 is 5.97 Å². The first kappa shape index (κ1) is 11.2. The molecule has 0 radical (unpaired) electrons. The molecule has 16 heavy (non-hydrogen) atoms. The number of nitrogens with zero attached hydrogens (tertiary/aromatic N) is 1. The summed E-state index contributed by atoms with van der Waals surface area (Å²) in [5, 5.41) is 0. The first-order valence-corrected chi connectivity index (χ1v) is 5.55. The minimum Gasteiger partial charge on any atom is -0.455 e. The molecular weight excluding hydrogens is 206 g/mol. The second-order valence-electron chi connectivity index (χ2n) is 5.46. The minimum atomic E-state index is -0.517. The van der Waals surface area contributed by atoms with E-state index in [9.17, 15) is 9.59 Å². The zero-order valence-electron chi connectivity index (χ0n) is 10.2. The quantitative estimate of drug-likeness (QED) is 0.501. The van der Waals surface area contributed by atoms with Crippen molar-refractivity contribution in [2.24, 2.45) is 0 Å². The number of hydrogen-bond donors (Lipinski definition) is 0. The van der Waals surface area contributed by atoms with E-state index in [-0.39, 0.29) is 17.9 Å². The Morgan fingerprint density at radius 2 is 2.00 bits per heavy atom. The van der Waals surface area contributed by atoms with Crippen LogP contribution in [0.2, 0.25) is 0 Å². The summed E-state index contributed by atoms with van der Waals surface area (Å²) >= 11 is 0. The second-order valence-corrected chi connectivity index (χ2v) is 5.46. The average Bonchev–Trinajstić information content (AvgIpc) is 2.35. The van der Waals surface area contributed by atoms with Crippen molar-refractivity contribution in [1.29, 1.82) is 0 Å². The molecule has 1 saturated heterocycles. The van der Waals surface area contributed by atoms with Crippen LogP contribution >= 0.6 is 0 Å². The predicted octanol–water partition coefficient (Wildman–Crippen LogP) is 1.61. The molecule has 0 aliphatic carbocycles. The number of ether oxygens (including phenoxy) is 1. The zero-order chi connectivity index (χ0) is 12.1. The predicted molar refractivity (Wildman–Crippen MR) is 58.4 cm³/mol. The fourth-order valence-electron chi connectivity index (χ4n) is 2.21. The standard InChI is InChI=1S/C12H17NO3/c1-7-5-8-6-9(14)13(8)10(7)11(15)16-12(2,3)4/h8H,5-6H2,1-4H3. The summed E-state index contributed by atoms with van der Waals surface area (Å²) < 4.78 is 5.30. The maximum Gasteiger partial charge on any atom is 0.355 e. The lowest BCUT2D eigenvalue weighted by atomic mass is 10.0. The van der Waals surface area contributed by atoms with Crippen LogP contribution in [0.15, 0.2) is 11.3 Å². The lowest BCUT2D eigenvalue weighted by Crippen LogP contribution is -2.50. The average molecular weight is 223 g/mol. The maximum absolute atomic E-state index is 11.9. The lowest BCUT2D eigenvalue weighted by molar-refractivity contribution is -0.157. The Labute approximate surface area is 95.2 Å². The Balaban J connectivity index is 2.17. The Morgan fingerprint density at radius 3 is 2.50 bits per heavy atom.